The number of benzene rings is 2. The zero-order valence-electron chi connectivity index (χ0n) is 10.9. The van der Waals surface area contributed by atoms with Crippen molar-refractivity contribution in [2.24, 2.45) is 0 Å². The summed E-state index contributed by atoms with van der Waals surface area (Å²) in [5, 5.41) is 3.28. The van der Waals surface area contributed by atoms with Crippen molar-refractivity contribution < 1.29 is 0 Å². The third-order valence-corrected chi connectivity index (χ3v) is 3.65. The van der Waals surface area contributed by atoms with E-state index in [1.54, 1.807) is 0 Å². The van der Waals surface area contributed by atoms with Gasteiger partial charge in [0, 0.05) is 31.5 Å². The van der Waals surface area contributed by atoms with E-state index in [2.05, 4.69) is 59.6 Å². The van der Waals surface area contributed by atoms with Crippen LogP contribution in [0.15, 0.2) is 42.5 Å². The molecule has 1 aliphatic heterocycles. The first-order chi connectivity index (χ1) is 8.78. The van der Waals surface area contributed by atoms with E-state index < -0.39 is 0 Å². The third-order valence-electron chi connectivity index (χ3n) is 3.65. The van der Waals surface area contributed by atoms with Crippen LogP contribution in [0.4, 0.5) is 11.4 Å². The maximum Gasteiger partial charge on any atom is 0.0457 e. The molecule has 0 saturated heterocycles. The minimum Gasteiger partial charge on any atom is -0.388 e. The van der Waals surface area contributed by atoms with Gasteiger partial charge in [-0.15, -0.1) is 0 Å². The summed E-state index contributed by atoms with van der Waals surface area (Å²) < 4.78 is 0. The molecule has 2 aromatic rings. The minimum absolute atomic E-state index is 0.995. The van der Waals surface area contributed by atoms with Crippen LogP contribution in [0.5, 0.6) is 0 Å². The fraction of sp³-hybridized carbons (Fsp3) is 0.250. The summed E-state index contributed by atoms with van der Waals surface area (Å²) in [6.07, 6.45) is 0. The number of nitrogens with zero attached hydrogens (tertiary/aromatic N) is 1. The number of rotatable bonds is 2. The van der Waals surface area contributed by atoms with Gasteiger partial charge in [0.05, 0.1) is 0 Å². The first kappa shape index (κ1) is 11.1. The van der Waals surface area contributed by atoms with Crippen LogP contribution in [0, 0.1) is 6.92 Å². The summed E-state index contributed by atoms with van der Waals surface area (Å²) in [6, 6.07) is 15.3. The van der Waals surface area contributed by atoms with Crippen molar-refractivity contribution in [3.8, 4) is 0 Å². The molecule has 2 aromatic carbocycles. The highest BCUT2D eigenvalue weighted by Gasteiger charge is 2.21. The molecule has 1 aliphatic rings. The molecule has 0 saturated carbocycles. The van der Waals surface area contributed by atoms with Crippen LogP contribution in [0.2, 0.25) is 0 Å². The SMILES string of the molecule is CNc1cccc2c1CN(c1ccc(C)cc1)C2. The van der Waals surface area contributed by atoms with Crippen LogP contribution in [0.3, 0.4) is 0 Å². The van der Waals surface area contributed by atoms with E-state index in [4.69, 9.17) is 0 Å². The summed E-state index contributed by atoms with van der Waals surface area (Å²) in [7, 11) is 1.99. The summed E-state index contributed by atoms with van der Waals surface area (Å²) in [5.74, 6) is 0. The summed E-state index contributed by atoms with van der Waals surface area (Å²) in [5.41, 5.74) is 6.73. The van der Waals surface area contributed by atoms with Gasteiger partial charge in [-0.1, -0.05) is 29.8 Å². The predicted molar refractivity (Wildman–Crippen MR) is 77.1 cm³/mol. The maximum atomic E-state index is 3.28. The van der Waals surface area contributed by atoms with Crippen LogP contribution in [0.25, 0.3) is 0 Å². The Kier molecular flexibility index (Phi) is 2.71. The average Bonchev–Trinajstić information content (AvgIpc) is 2.83. The van der Waals surface area contributed by atoms with Gasteiger partial charge in [-0.25, -0.2) is 0 Å². The van der Waals surface area contributed by atoms with Crippen LogP contribution in [-0.2, 0) is 13.1 Å². The standard InChI is InChI=1S/C16H18N2/c1-12-6-8-14(9-7-12)18-10-13-4-3-5-16(17-2)15(13)11-18/h3-9,17H,10-11H2,1-2H3. The number of nitrogens with one attached hydrogen (secondary N) is 1. The van der Waals surface area contributed by atoms with E-state index in [0.29, 0.717) is 0 Å². The van der Waals surface area contributed by atoms with Gasteiger partial charge in [0.2, 0.25) is 0 Å². The number of hydrogen-bond acceptors (Lipinski definition) is 2. The molecule has 18 heavy (non-hydrogen) atoms. The van der Waals surface area contributed by atoms with Gasteiger partial charge in [-0.3, -0.25) is 0 Å². The highest BCUT2D eigenvalue weighted by atomic mass is 15.1. The molecule has 0 amide bonds. The topological polar surface area (TPSA) is 15.3 Å². The summed E-state index contributed by atoms with van der Waals surface area (Å²) in [4.78, 5) is 2.42. The zero-order chi connectivity index (χ0) is 12.5. The molecule has 0 spiro atoms. The fourth-order valence-electron chi connectivity index (χ4n) is 2.59. The summed E-state index contributed by atoms with van der Waals surface area (Å²) >= 11 is 0. The number of aryl methyl sites for hydroxylation is 1. The molecular weight excluding hydrogens is 220 g/mol. The maximum absolute atomic E-state index is 3.28. The van der Waals surface area contributed by atoms with Crippen molar-refractivity contribution in [1.29, 1.82) is 0 Å². The monoisotopic (exact) mass is 238 g/mol. The van der Waals surface area contributed by atoms with Crippen molar-refractivity contribution >= 4 is 11.4 Å². The van der Waals surface area contributed by atoms with Crippen LogP contribution < -0.4 is 10.2 Å². The largest absolute Gasteiger partial charge is 0.388 e. The molecule has 2 nitrogen and oxygen atoms in total. The van der Waals surface area contributed by atoms with E-state index >= 15 is 0 Å². The smallest absolute Gasteiger partial charge is 0.0457 e. The minimum atomic E-state index is 0.995. The summed E-state index contributed by atoms with van der Waals surface area (Å²) in [6.45, 7) is 4.13. The van der Waals surface area contributed by atoms with Gasteiger partial charge < -0.3 is 10.2 Å². The molecule has 0 aromatic heterocycles. The molecule has 1 N–H and O–H groups in total. The molecule has 0 unspecified atom stereocenters. The molecule has 2 heteroatoms. The van der Waals surface area contributed by atoms with Crippen molar-refractivity contribution in [2.75, 3.05) is 17.3 Å². The lowest BCUT2D eigenvalue weighted by Gasteiger charge is -2.18. The molecular formula is C16H18N2. The number of fused-ring (bicyclic) bond motifs is 1. The third kappa shape index (κ3) is 1.84. The normalized spacial score (nSPS) is 13.6. The van der Waals surface area contributed by atoms with Crippen LogP contribution in [-0.4, -0.2) is 7.05 Å². The lowest BCUT2D eigenvalue weighted by Crippen LogP contribution is -2.14. The highest BCUT2D eigenvalue weighted by molar-refractivity contribution is 5.61. The van der Waals surface area contributed by atoms with Gasteiger partial charge in [0.25, 0.3) is 0 Å². The van der Waals surface area contributed by atoms with Gasteiger partial charge >= 0.3 is 0 Å². The highest BCUT2D eigenvalue weighted by Crippen LogP contribution is 2.32. The molecule has 1 heterocycles. The number of anilines is 2. The molecule has 0 radical (unpaired) electrons. The Bertz CT molecular complexity index is 558. The molecule has 0 fully saturated rings. The van der Waals surface area contributed by atoms with Crippen LogP contribution in [0.1, 0.15) is 16.7 Å². The van der Waals surface area contributed by atoms with E-state index in [1.165, 1.54) is 28.1 Å². The second-order valence-corrected chi connectivity index (χ2v) is 4.88. The average molecular weight is 238 g/mol. The molecule has 3 rings (SSSR count). The van der Waals surface area contributed by atoms with Crippen molar-refractivity contribution in [1.82, 2.24) is 0 Å². The zero-order valence-corrected chi connectivity index (χ0v) is 10.9. The molecule has 0 atom stereocenters. The van der Waals surface area contributed by atoms with E-state index in [1.807, 2.05) is 7.05 Å². The van der Waals surface area contributed by atoms with E-state index in [0.717, 1.165) is 13.1 Å². The van der Waals surface area contributed by atoms with Crippen molar-refractivity contribution in [2.45, 2.75) is 20.0 Å². The van der Waals surface area contributed by atoms with Gasteiger partial charge in [-0.05, 0) is 36.2 Å². The second kappa shape index (κ2) is 4.37. The molecule has 0 aliphatic carbocycles. The second-order valence-electron chi connectivity index (χ2n) is 4.88. The molecule has 92 valence electrons. The predicted octanol–water partition coefficient (Wildman–Crippen LogP) is 3.56. The van der Waals surface area contributed by atoms with Crippen molar-refractivity contribution in [3.63, 3.8) is 0 Å². The Morgan fingerprint density at radius 1 is 1.00 bits per heavy atom. The quantitative estimate of drug-likeness (QED) is 0.860. The first-order valence-electron chi connectivity index (χ1n) is 6.38. The first-order valence-corrected chi connectivity index (χ1v) is 6.38. The van der Waals surface area contributed by atoms with Gasteiger partial charge in [0.15, 0.2) is 0 Å². The Morgan fingerprint density at radius 3 is 2.50 bits per heavy atom. The lowest BCUT2D eigenvalue weighted by molar-refractivity contribution is 0.880. The Morgan fingerprint density at radius 2 is 1.78 bits per heavy atom. The Labute approximate surface area is 108 Å². The van der Waals surface area contributed by atoms with E-state index in [-0.39, 0.29) is 0 Å². The fourth-order valence-corrected chi connectivity index (χ4v) is 2.59. The van der Waals surface area contributed by atoms with Crippen molar-refractivity contribution in [3.05, 3.63) is 59.2 Å². The van der Waals surface area contributed by atoms with Gasteiger partial charge in [0.1, 0.15) is 0 Å². The Balaban J connectivity index is 1.91. The van der Waals surface area contributed by atoms with Crippen LogP contribution >= 0.6 is 0 Å². The number of hydrogen-bond donors (Lipinski definition) is 1. The Hall–Kier alpha value is -1.96. The van der Waals surface area contributed by atoms with E-state index in [9.17, 15) is 0 Å². The van der Waals surface area contributed by atoms with Gasteiger partial charge in [-0.2, -0.15) is 0 Å². The molecule has 0 bridgehead atoms. The lowest BCUT2D eigenvalue weighted by atomic mass is 10.1.